The summed E-state index contributed by atoms with van der Waals surface area (Å²) in [6, 6.07) is 11.4. The van der Waals surface area contributed by atoms with Crippen LogP contribution in [0, 0.1) is 0 Å². The molecule has 0 N–H and O–H groups in total. The zero-order valence-corrected chi connectivity index (χ0v) is 21.1. The van der Waals surface area contributed by atoms with Crippen LogP contribution in [0.1, 0.15) is 48.0 Å². The molecule has 25 heavy (non-hydrogen) atoms. The van der Waals surface area contributed by atoms with Gasteiger partial charge in [0.15, 0.2) is 0 Å². The van der Waals surface area contributed by atoms with Gasteiger partial charge >= 0.3 is 150 Å². The maximum absolute atomic E-state index is 2.62. The standard InChI is InChI=1S/C20H29Si.3ClH.Ti/c1-8-16(3)21(7,19-12-10-9-11-13-19)20(6)14-15(2)17(4)18(20)5;;;;/h9-13,16H,8H2,1-7H3;3*1H;/q;;;;+3/p-3. The number of hydrogen-bond acceptors (Lipinski definition) is 0. The molecule has 0 fully saturated rings. The predicted molar refractivity (Wildman–Crippen MR) is 96.9 cm³/mol. The topological polar surface area (TPSA) is 0 Å². The third-order valence-electron chi connectivity index (χ3n) is 6.76. The van der Waals surface area contributed by atoms with Crippen molar-refractivity contribution in [2.24, 2.45) is 0 Å². The Balaban J connectivity index is 0. The molecule has 0 aliphatic heterocycles. The van der Waals surface area contributed by atoms with Crippen molar-refractivity contribution in [3.63, 3.8) is 0 Å². The fourth-order valence-corrected chi connectivity index (χ4v) is 11.6. The van der Waals surface area contributed by atoms with Crippen LogP contribution in [0.25, 0.3) is 0 Å². The van der Waals surface area contributed by atoms with Crippen LogP contribution in [0.15, 0.2) is 50.9 Å². The number of benzene rings is 1. The molecule has 2 rings (SSSR count). The molecule has 1 aromatic carbocycles. The largest absolute Gasteiger partial charge is 1.00 e. The van der Waals surface area contributed by atoms with Crippen LogP contribution in [-0.4, -0.2) is 8.07 Å². The maximum Gasteiger partial charge on any atom is -1.00 e. The first-order chi connectivity index (χ1) is 10.2. The molecule has 0 spiro atoms. The third kappa shape index (κ3) is 4.03. The first-order valence-corrected chi connectivity index (χ1v) is 11.8. The summed E-state index contributed by atoms with van der Waals surface area (Å²) in [6.45, 7) is 17.0. The van der Waals surface area contributed by atoms with E-state index in [1.165, 1.54) is 17.6 Å². The van der Waals surface area contributed by atoms with Gasteiger partial charge in [-0.25, -0.2) is 0 Å². The number of allylic oxidation sites excluding steroid dienone is 4. The zero-order chi connectivity index (χ0) is 16.7. The second-order valence-corrected chi connectivity index (χ2v) is 13.0. The molecule has 0 bridgehead atoms. The van der Waals surface area contributed by atoms with Gasteiger partial charge in [0.05, 0.1) is 0 Å². The van der Waals surface area contributed by atoms with Crippen molar-refractivity contribution in [1.29, 1.82) is 0 Å². The minimum Gasteiger partial charge on any atom is -1.00 e. The van der Waals surface area contributed by atoms with Crippen LogP contribution < -0.4 is 42.4 Å². The predicted octanol–water partition coefficient (Wildman–Crippen LogP) is -3.28. The Morgan fingerprint density at radius 3 is 1.84 bits per heavy atom. The van der Waals surface area contributed by atoms with E-state index in [0.717, 1.165) is 5.54 Å². The van der Waals surface area contributed by atoms with Crippen LogP contribution in [0.5, 0.6) is 0 Å². The van der Waals surface area contributed by atoms with Crippen LogP contribution >= 0.6 is 0 Å². The van der Waals surface area contributed by atoms with Gasteiger partial charge in [-0.2, -0.15) is 0 Å². The average Bonchev–Trinajstić information content (AvgIpc) is 2.70. The molecule has 0 heterocycles. The van der Waals surface area contributed by atoms with Gasteiger partial charge in [-0.1, -0.05) is 0 Å². The summed E-state index contributed by atoms with van der Waals surface area (Å²) in [4.78, 5) is 0. The van der Waals surface area contributed by atoms with Gasteiger partial charge in [0.1, 0.15) is 0 Å². The Hall–Kier alpha value is 0.501. The van der Waals surface area contributed by atoms with Crippen LogP contribution in [-0.2, 0) is 20.4 Å². The Kier molecular flexibility index (Phi) is 11.3. The number of rotatable bonds is 4. The van der Waals surface area contributed by atoms with E-state index in [4.69, 9.17) is 0 Å². The minimum atomic E-state index is -1.75. The normalized spacial score (nSPS) is 23.2. The number of halogens is 3. The summed E-state index contributed by atoms with van der Waals surface area (Å²) in [5, 5.41) is 1.84. The molecule has 0 saturated carbocycles. The van der Waals surface area contributed by atoms with Crippen molar-refractivity contribution in [2.45, 2.75) is 65.1 Å². The Morgan fingerprint density at radius 2 is 1.48 bits per heavy atom. The minimum absolute atomic E-state index is 0. The van der Waals surface area contributed by atoms with E-state index in [9.17, 15) is 0 Å². The van der Waals surface area contributed by atoms with E-state index in [1.807, 2.05) is 0 Å². The van der Waals surface area contributed by atoms with Crippen molar-refractivity contribution in [1.82, 2.24) is 0 Å². The van der Waals surface area contributed by atoms with Gasteiger partial charge in [0.2, 0.25) is 0 Å². The van der Waals surface area contributed by atoms with Gasteiger partial charge in [-0.15, -0.1) is 0 Å². The molecule has 1 aliphatic rings. The molecule has 0 nitrogen and oxygen atoms in total. The molecule has 0 radical (unpaired) electrons. The molecule has 0 saturated heterocycles. The summed E-state index contributed by atoms with van der Waals surface area (Å²) in [7, 11) is -1.75. The second-order valence-electron chi connectivity index (χ2n) is 7.25. The first-order valence-electron chi connectivity index (χ1n) is 8.39. The Bertz CT molecular complexity index is 616. The molecule has 5 heteroatoms. The molecule has 3 atom stereocenters. The first kappa shape index (κ1) is 27.7. The molecule has 138 valence electrons. The smallest absolute Gasteiger partial charge is 1.00 e. The molecule has 0 aromatic heterocycles. The third-order valence-corrected chi connectivity index (χ3v) is 15.1. The van der Waals surface area contributed by atoms with Gasteiger partial charge in [0.25, 0.3) is 0 Å². The number of hydrogen-bond donors (Lipinski definition) is 0. The summed E-state index contributed by atoms with van der Waals surface area (Å²) in [5.74, 6) is 0. The van der Waals surface area contributed by atoms with Gasteiger partial charge in [-0.05, 0) is 0 Å². The SMILES string of the molecule is CCC(C)[Si](C)(c1ccccc1)C1(C)C(C)=C(C)C(C)=[C]1[Ti+3].[Cl-].[Cl-].[Cl-]. The molecule has 3 unspecified atom stereocenters. The molecule has 1 aliphatic carbocycles. The van der Waals surface area contributed by atoms with E-state index >= 15 is 0 Å². The zero-order valence-electron chi connectivity index (χ0n) is 16.3. The van der Waals surface area contributed by atoms with E-state index in [0.29, 0.717) is 0 Å². The Labute approximate surface area is 186 Å². The molecule has 0 amide bonds. The molecule has 1 aromatic rings. The van der Waals surface area contributed by atoms with Crippen LogP contribution in [0.3, 0.4) is 0 Å². The van der Waals surface area contributed by atoms with Crippen molar-refractivity contribution < 1.29 is 57.7 Å². The molecular weight excluding hydrogens is 423 g/mol. The van der Waals surface area contributed by atoms with Crippen molar-refractivity contribution >= 4 is 13.3 Å². The Morgan fingerprint density at radius 1 is 1.00 bits per heavy atom. The fourth-order valence-electron chi connectivity index (χ4n) is 4.31. The van der Waals surface area contributed by atoms with Gasteiger partial charge in [-0.3, -0.25) is 0 Å². The monoisotopic (exact) mass is 450 g/mol. The second kappa shape index (κ2) is 10.2. The maximum atomic E-state index is 2.62. The summed E-state index contributed by atoms with van der Waals surface area (Å²) in [5.41, 5.74) is 5.42. The van der Waals surface area contributed by atoms with E-state index in [-0.39, 0.29) is 42.3 Å². The van der Waals surface area contributed by atoms with Crippen LogP contribution in [0.2, 0.25) is 17.1 Å². The quantitative estimate of drug-likeness (QED) is 0.421. The van der Waals surface area contributed by atoms with E-state index < -0.39 is 8.07 Å². The van der Waals surface area contributed by atoms with Crippen molar-refractivity contribution in [3.05, 3.63) is 50.9 Å². The van der Waals surface area contributed by atoms with Crippen molar-refractivity contribution in [3.8, 4) is 0 Å². The van der Waals surface area contributed by atoms with E-state index in [2.05, 4.69) is 98.9 Å². The summed E-state index contributed by atoms with van der Waals surface area (Å²) >= 11 is 2.38. The van der Waals surface area contributed by atoms with Crippen molar-refractivity contribution in [2.75, 3.05) is 0 Å². The van der Waals surface area contributed by atoms with Crippen LogP contribution in [0.4, 0.5) is 0 Å². The summed E-state index contributed by atoms with van der Waals surface area (Å²) < 4.78 is 1.61. The fraction of sp³-hybridized carbons (Fsp3) is 0.500. The van der Waals surface area contributed by atoms with E-state index in [1.54, 1.807) is 14.6 Å². The van der Waals surface area contributed by atoms with Gasteiger partial charge in [0, 0.05) is 0 Å². The summed E-state index contributed by atoms with van der Waals surface area (Å²) in [6.07, 6.45) is 1.26. The molecular formula is C20H29Cl3SiTi. The average molecular weight is 452 g/mol. The van der Waals surface area contributed by atoms with Gasteiger partial charge < -0.3 is 37.2 Å².